The third-order valence-electron chi connectivity index (χ3n) is 1.97. The van der Waals surface area contributed by atoms with Crippen molar-refractivity contribution in [2.75, 3.05) is 5.84 Å². The molecule has 17 heavy (non-hydrogen) atoms. The SMILES string of the molecule is Cc1nnc(Sc2ncccc2[N+](=O)[O-])n1N. The minimum Gasteiger partial charge on any atom is -0.336 e. The molecule has 0 atom stereocenters. The Morgan fingerprint density at radius 3 is 2.88 bits per heavy atom. The van der Waals surface area contributed by atoms with Crippen LogP contribution in [0.15, 0.2) is 28.5 Å². The predicted octanol–water partition coefficient (Wildman–Crippen LogP) is 0.755. The highest BCUT2D eigenvalue weighted by molar-refractivity contribution is 7.99. The summed E-state index contributed by atoms with van der Waals surface area (Å²) in [6.07, 6.45) is 1.47. The predicted molar refractivity (Wildman–Crippen MR) is 59.9 cm³/mol. The van der Waals surface area contributed by atoms with Crippen LogP contribution in [0.3, 0.4) is 0 Å². The average molecular weight is 252 g/mol. The van der Waals surface area contributed by atoms with Crippen LogP contribution in [-0.4, -0.2) is 24.8 Å². The molecule has 2 N–H and O–H groups in total. The molecule has 0 aromatic carbocycles. The van der Waals surface area contributed by atoms with Crippen LogP contribution in [-0.2, 0) is 0 Å². The van der Waals surface area contributed by atoms with Gasteiger partial charge in [-0.15, -0.1) is 10.2 Å². The standard InChI is InChI=1S/C8H8N6O2S/c1-5-11-12-8(13(5)9)17-7-6(14(15)16)3-2-4-10-7/h2-4H,9H2,1H3. The second kappa shape index (κ2) is 4.37. The molecule has 0 saturated carbocycles. The fourth-order valence-electron chi connectivity index (χ4n) is 1.11. The molecule has 0 amide bonds. The summed E-state index contributed by atoms with van der Waals surface area (Å²) in [7, 11) is 0. The first-order valence-electron chi connectivity index (χ1n) is 4.54. The second-order valence-corrected chi connectivity index (χ2v) is 4.04. The molecule has 0 radical (unpaired) electrons. The number of nitrogens with zero attached hydrogens (tertiary/aromatic N) is 5. The number of pyridine rings is 1. The Morgan fingerprint density at radius 2 is 2.29 bits per heavy atom. The number of nitro groups is 1. The molecular formula is C8H8N6O2S. The van der Waals surface area contributed by atoms with E-state index in [1.807, 2.05) is 0 Å². The van der Waals surface area contributed by atoms with Gasteiger partial charge in [-0.05, 0) is 24.8 Å². The Hall–Kier alpha value is -2.16. The van der Waals surface area contributed by atoms with Gasteiger partial charge in [0, 0.05) is 12.3 Å². The molecule has 2 rings (SSSR count). The van der Waals surface area contributed by atoms with Gasteiger partial charge in [0.25, 0.3) is 0 Å². The average Bonchev–Trinajstić information content (AvgIpc) is 2.61. The lowest BCUT2D eigenvalue weighted by molar-refractivity contribution is -0.388. The van der Waals surface area contributed by atoms with Crippen molar-refractivity contribution in [3.05, 3.63) is 34.3 Å². The molecule has 0 unspecified atom stereocenters. The van der Waals surface area contributed by atoms with Crippen molar-refractivity contribution in [1.29, 1.82) is 0 Å². The summed E-state index contributed by atoms with van der Waals surface area (Å²) < 4.78 is 1.25. The molecule has 0 aliphatic rings. The Morgan fingerprint density at radius 1 is 1.53 bits per heavy atom. The van der Waals surface area contributed by atoms with Gasteiger partial charge in [-0.1, -0.05) is 0 Å². The third-order valence-corrected chi connectivity index (χ3v) is 2.94. The van der Waals surface area contributed by atoms with Crippen LogP contribution >= 0.6 is 11.8 Å². The number of nitrogens with two attached hydrogens (primary N) is 1. The van der Waals surface area contributed by atoms with E-state index in [2.05, 4.69) is 15.2 Å². The summed E-state index contributed by atoms with van der Waals surface area (Å²) >= 11 is 1.00. The number of aryl methyl sites for hydroxylation is 1. The Balaban J connectivity index is 2.36. The molecule has 2 heterocycles. The highest BCUT2D eigenvalue weighted by Crippen LogP contribution is 2.30. The Bertz CT molecular complexity index is 569. The van der Waals surface area contributed by atoms with Gasteiger partial charge in [0.15, 0.2) is 5.03 Å². The van der Waals surface area contributed by atoms with Crippen LogP contribution in [0.2, 0.25) is 0 Å². The second-order valence-electron chi connectivity index (χ2n) is 3.09. The zero-order valence-electron chi connectivity index (χ0n) is 8.77. The maximum atomic E-state index is 10.8. The fraction of sp³-hybridized carbons (Fsp3) is 0.125. The van der Waals surface area contributed by atoms with E-state index in [0.29, 0.717) is 11.0 Å². The number of rotatable bonds is 3. The molecule has 88 valence electrons. The Kier molecular flexibility index (Phi) is 2.91. The minimum absolute atomic E-state index is 0.0850. The summed E-state index contributed by atoms with van der Waals surface area (Å²) in [6, 6.07) is 2.88. The first-order valence-corrected chi connectivity index (χ1v) is 5.35. The quantitative estimate of drug-likeness (QED) is 0.487. The normalized spacial score (nSPS) is 10.4. The topological polar surface area (TPSA) is 113 Å². The molecule has 9 heteroatoms. The fourth-order valence-corrected chi connectivity index (χ4v) is 1.95. The summed E-state index contributed by atoms with van der Waals surface area (Å²) in [5.74, 6) is 6.17. The molecule has 0 aliphatic carbocycles. The highest BCUT2D eigenvalue weighted by atomic mass is 32.2. The molecule has 8 nitrogen and oxygen atoms in total. The Labute approximate surface area is 100.0 Å². The molecule has 2 aromatic heterocycles. The van der Waals surface area contributed by atoms with Gasteiger partial charge in [0.05, 0.1) is 4.92 Å². The summed E-state index contributed by atoms with van der Waals surface area (Å²) in [5.41, 5.74) is -0.0850. The summed E-state index contributed by atoms with van der Waals surface area (Å²) in [5, 5.41) is 18.9. The van der Waals surface area contributed by atoms with E-state index in [-0.39, 0.29) is 10.7 Å². The lowest BCUT2D eigenvalue weighted by Crippen LogP contribution is -2.11. The van der Waals surface area contributed by atoms with Gasteiger partial charge in [-0.2, -0.15) is 0 Å². The highest BCUT2D eigenvalue weighted by Gasteiger charge is 2.18. The summed E-state index contributed by atoms with van der Waals surface area (Å²) in [4.78, 5) is 14.2. The van der Waals surface area contributed by atoms with Crippen molar-refractivity contribution in [3.63, 3.8) is 0 Å². The van der Waals surface area contributed by atoms with Crippen molar-refractivity contribution >= 4 is 17.4 Å². The monoisotopic (exact) mass is 252 g/mol. The molecule has 0 fully saturated rings. The first kappa shape index (κ1) is 11.3. The van der Waals surface area contributed by atoms with Crippen molar-refractivity contribution < 1.29 is 4.92 Å². The van der Waals surface area contributed by atoms with Crippen LogP contribution < -0.4 is 5.84 Å². The van der Waals surface area contributed by atoms with E-state index in [1.54, 1.807) is 6.92 Å². The molecule has 2 aromatic rings. The van der Waals surface area contributed by atoms with E-state index < -0.39 is 4.92 Å². The van der Waals surface area contributed by atoms with E-state index in [0.717, 1.165) is 11.8 Å². The number of aromatic nitrogens is 4. The molecule has 0 aliphatic heterocycles. The van der Waals surface area contributed by atoms with Crippen LogP contribution in [0.4, 0.5) is 5.69 Å². The molecule has 0 saturated heterocycles. The van der Waals surface area contributed by atoms with Crippen LogP contribution in [0, 0.1) is 17.0 Å². The largest absolute Gasteiger partial charge is 0.336 e. The molecular weight excluding hydrogens is 244 g/mol. The zero-order chi connectivity index (χ0) is 12.4. The maximum Gasteiger partial charge on any atom is 0.301 e. The molecule has 0 spiro atoms. The maximum absolute atomic E-state index is 10.8. The number of nitrogen functional groups attached to an aromatic ring is 1. The third kappa shape index (κ3) is 2.18. The van der Waals surface area contributed by atoms with Gasteiger partial charge in [0.1, 0.15) is 5.82 Å². The van der Waals surface area contributed by atoms with Crippen molar-refractivity contribution in [2.24, 2.45) is 0 Å². The first-order chi connectivity index (χ1) is 8.09. The van der Waals surface area contributed by atoms with Crippen molar-refractivity contribution in [1.82, 2.24) is 19.9 Å². The van der Waals surface area contributed by atoms with Gasteiger partial charge in [-0.3, -0.25) is 10.1 Å². The summed E-state index contributed by atoms with van der Waals surface area (Å²) in [6.45, 7) is 1.68. The zero-order valence-corrected chi connectivity index (χ0v) is 9.59. The van der Waals surface area contributed by atoms with Crippen LogP contribution in [0.1, 0.15) is 5.82 Å². The minimum atomic E-state index is -0.501. The van der Waals surface area contributed by atoms with E-state index in [4.69, 9.17) is 5.84 Å². The van der Waals surface area contributed by atoms with Crippen LogP contribution in [0.25, 0.3) is 0 Å². The van der Waals surface area contributed by atoms with Crippen molar-refractivity contribution in [2.45, 2.75) is 17.1 Å². The van der Waals surface area contributed by atoms with Crippen LogP contribution in [0.5, 0.6) is 0 Å². The lowest BCUT2D eigenvalue weighted by atomic mass is 10.4. The molecule has 0 bridgehead atoms. The lowest BCUT2D eigenvalue weighted by Gasteiger charge is -2.01. The number of hydrogen-bond acceptors (Lipinski definition) is 7. The van der Waals surface area contributed by atoms with Gasteiger partial charge in [-0.25, -0.2) is 9.66 Å². The van der Waals surface area contributed by atoms with Gasteiger partial charge in [0.2, 0.25) is 5.16 Å². The van der Waals surface area contributed by atoms with E-state index >= 15 is 0 Å². The smallest absolute Gasteiger partial charge is 0.301 e. The van der Waals surface area contributed by atoms with E-state index in [1.165, 1.54) is 23.0 Å². The van der Waals surface area contributed by atoms with Crippen molar-refractivity contribution in [3.8, 4) is 0 Å². The van der Waals surface area contributed by atoms with Gasteiger partial charge >= 0.3 is 5.69 Å². The van der Waals surface area contributed by atoms with E-state index in [9.17, 15) is 10.1 Å². The van der Waals surface area contributed by atoms with Gasteiger partial charge < -0.3 is 5.84 Å². The number of hydrogen-bond donors (Lipinski definition) is 1.